The predicted molar refractivity (Wildman–Crippen MR) is 90.4 cm³/mol. The number of methoxy groups -OCH3 is 1. The lowest BCUT2D eigenvalue weighted by molar-refractivity contribution is 0.331. The first kappa shape index (κ1) is 16.5. The van der Waals surface area contributed by atoms with E-state index in [-0.39, 0.29) is 6.61 Å². The molecule has 3 heteroatoms. The van der Waals surface area contributed by atoms with Crippen LogP contribution in [0.25, 0.3) is 0 Å². The molecule has 2 aromatic rings. The summed E-state index contributed by atoms with van der Waals surface area (Å²) in [7, 11) is 1.61. The third-order valence-corrected chi connectivity index (χ3v) is 3.47. The van der Waals surface area contributed by atoms with Crippen LogP contribution in [0.1, 0.15) is 25.0 Å². The third-order valence-electron chi connectivity index (χ3n) is 3.47. The van der Waals surface area contributed by atoms with Gasteiger partial charge < -0.3 is 9.47 Å². The second-order valence-corrected chi connectivity index (χ2v) is 5.56. The molecule has 0 radical (unpaired) electrons. The second kappa shape index (κ2) is 7.38. The van der Waals surface area contributed by atoms with Gasteiger partial charge in [-0.3, -0.25) is 0 Å². The molecule has 0 unspecified atom stereocenters. The standard InChI is InChI=1S/C20H19NO2/c1-20(2,15-21)17-10-6-8-16(14-17)9-7-13-23-19-12-5-4-11-18(19)22-3/h4-6,8,10-12,14H,13H2,1-3H3. The Kier molecular flexibility index (Phi) is 5.28. The first-order valence-corrected chi connectivity index (χ1v) is 7.33. The number of para-hydroxylation sites is 2. The molecule has 116 valence electrons. The van der Waals surface area contributed by atoms with E-state index in [1.54, 1.807) is 7.11 Å². The van der Waals surface area contributed by atoms with Crippen LogP contribution in [-0.4, -0.2) is 13.7 Å². The number of nitriles is 1. The average molecular weight is 305 g/mol. The van der Waals surface area contributed by atoms with Gasteiger partial charge in [0.15, 0.2) is 11.5 Å². The maximum atomic E-state index is 9.21. The van der Waals surface area contributed by atoms with Crippen LogP contribution in [0.4, 0.5) is 0 Å². The van der Waals surface area contributed by atoms with Crippen LogP contribution in [0, 0.1) is 23.2 Å². The number of hydrogen-bond donors (Lipinski definition) is 0. The van der Waals surface area contributed by atoms with Gasteiger partial charge in [-0.1, -0.05) is 36.1 Å². The number of rotatable bonds is 4. The molecule has 0 bridgehead atoms. The normalized spacial score (nSPS) is 10.2. The predicted octanol–water partition coefficient (Wildman–Crippen LogP) is 3.93. The molecule has 0 amide bonds. The monoisotopic (exact) mass is 305 g/mol. The first-order chi connectivity index (χ1) is 11.1. The van der Waals surface area contributed by atoms with E-state index in [1.807, 2.05) is 62.4 Å². The molecule has 0 aliphatic carbocycles. The fraction of sp³-hybridized carbons (Fsp3) is 0.250. The summed E-state index contributed by atoms with van der Waals surface area (Å²) >= 11 is 0. The molecule has 0 heterocycles. The first-order valence-electron chi connectivity index (χ1n) is 7.33. The van der Waals surface area contributed by atoms with Crippen molar-refractivity contribution >= 4 is 0 Å². The summed E-state index contributed by atoms with van der Waals surface area (Å²) in [6.45, 7) is 4.06. The Morgan fingerprint density at radius 2 is 1.78 bits per heavy atom. The molecular formula is C20H19NO2. The van der Waals surface area contributed by atoms with E-state index >= 15 is 0 Å². The van der Waals surface area contributed by atoms with Crippen molar-refractivity contribution in [2.24, 2.45) is 0 Å². The maximum absolute atomic E-state index is 9.21. The van der Waals surface area contributed by atoms with Gasteiger partial charge >= 0.3 is 0 Å². The zero-order valence-electron chi connectivity index (χ0n) is 13.6. The lowest BCUT2D eigenvalue weighted by Crippen LogP contribution is -2.13. The molecule has 0 fully saturated rings. The highest BCUT2D eigenvalue weighted by molar-refractivity contribution is 5.42. The SMILES string of the molecule is COc1ccccc1OCC#Cc1cccc(C(C)(C)C#N)c1. The Bertz CT molecular complexity index is 776. The van der Waals surface area contributed by atoms with Crippen molar-refractivity contribution in [2.45, 2.75) is 19.3 Å². The Labute approximate surface area is 137 Å². The van der Waals surface area contributed by atoms with E-state index in [0.717, 1.165) is 11.1 Å². The van der Waals surface area contributed by atoms with Gasteiger partial charge in [0.05, 0.1) is 18.6 Å². The number of nitrogens with zero attached hydrogens (tertiary/aromatic N) is 1. The minimum absolute atomic E-state index is 0.270. The van der Waals surface area contributed by atoms with Gasteiger partial charge in [0, 0.05) is 5.56 Å². The Morgan fingerprint density at radius 3 is 2.48 bits per heavy atom. The van der Waals surface area contributed by atoms with Crippen LogP contribution >= 0.6 is 0 Å². The summed E-state index contributed by atoms with van der Waals surface area (Å²) in [4.78, 5) is 0. The highest BCUT2D eigenvalue weighted by atomic mass is 16.5. The van der Waals surface area contributed by atoms with Crippen molar-refractivity contribution in [1.29, 1.82) is 5.26 Å². The molecule has 23 heavy (non-hydrogen) atoms. The van der Waals surface area contributed by atoms with Crippen molar-refractivity contribution in [3.8, 4) is 29.4 Å². The molecule has 0 saturated heterocycles. The second-order valence-electron chi connectivity index (χ2n) is 5.56. The third kappa shape index (κ3) is 4.28. The minimum atomic E-state index is -0.522. The van der Waals surface area contributed by atoms with Gasteiger partial charge in [0.1, 0.15) is 6.61 Å². The lowest BCUT2D eigenvalue weighted by Gasteiger charge is -2.15. The van der Waals surface area contributed by atoms with E-state index in [0.29, 0.717) is 11.5 Å². The van der Waals surface area contributed by atoms with Crippen LogP contribution in [-0.2, 0) is 5.41 Å². The number of ether oxygens (including phenoxy) is 2. The highest BCUT2D eigenvalue weighted by Gasteiger charge is 2.19. The minimum Gasteiger partial charge on any atom is -0.493 e. The van der Waals surface area contributed by atoms with Crippen LogP contribution < -0.4 is 9.47 Å². The van der Waals surface area contributed by atoms with E-state index in [4.69, 9.17) is 9.47 Å². The largest absolute Gasteiger partial charge is 0.493 e. The van der Waals surface area contributed by atoms with Crippen LogP contribution in [0.5, 0.6) is 11.5 Å². The number of benzene rings is 2. The maximum Gasteiger partial charge on any atom is 0.162 e. The van der Waals surface area contributed by atoms with Crippen molar-refractivity contribution in [1.82, 2.24) is 0 Å². The summed E-state index contributed by atoms with van der Waals surface area (Å²) in [6, 6.07) is 17.5. The fourth-order valence-electron chi connectivity index (χ4n) is 2.04. The van der Waals surface area contributed by atoms with E-state index in [1.165, 1.54) is 0 Å². The van der Waals surface area contributed by atoms with Gasteiger partial charge in [0.2, 0.25) is 0 Å². The summed E-state index contributed by atoms with van der Waals surface area (Å²) < 4.78 is 10.8. The molecule has 0 aliphatic heterocycles. The Hall–Kier alpha value is -2.91. The van der Waals surface area contributed by atoms with Gasteiger partial charge in [-0.05, 0) is 43.7 Å². The fourth-order valence-corrected chi connectivity index (χ4v) is 2.04. The molecule has 2 rings (SSSR count). The lowest BCUT2D eigenvalue weighted by atomic mass is 9.85. The van der Waals surface area contributed by atoms with Gasteiger partial charge in [-0.25, -0.2) is 0 Å². The summed E-state index contributed by atoms with van der Waals surface area (Å²) in [5, 5.41) is 9.21. The zero-order valence-corrected chi connectivity index (χ0v) is 13.6. The quantitative estimate of drug-likeness (QED) is 0.804. The van der Waals surface area contributed by atoms with Gasteiger partial charge in [-0.15, -0.1) is 0 Å². The molecule has 0 spiro atoms. The molecule has 0 saturated carbocycles. The molecule has 0 aliphatic rings. The average Bonchev–Trinajstić information content (AvgIpc) is 2.59. The summed E-state index contributed by atoms with van der Waals surface area (Å²) in [5.74, 6) is 7.41. The van der Waals surface area contributed by atoms with Crippen molar-refractivity contribution in [3.05, 3.63) is 59.7 Å². The molecule has 0 aromatic heterocycles. The van der Waals surface area contributed by atoms with Gasteiger partial charge in [0.25, 0.3) is 0 Å². The van der Waals surface area contributed by atoms with Crippen LogP contribution in [0.15, 0.2) is 48.5 Å². The smallest absolute Gasteiger partial charge is 0.162 e. The topological polar surface area (TPSA) is 42.2 Å². The molecule has 0 N–H and O–H groups in total. The molecule has 0 atom stereocenters. The van der Waals surface area contributed by atoms with Crippen LogP contribution in [0.3, 0.4) is 0 Å². The molecule has 3 nitrogen and oxygen atoms in total. The van der Waals surface area contributed by atoms with E-state index in [9.17, 15) is 5.26 Å². The zero-order chi connectivity index (χ0) is 16.7. The van der Waals surface area contributed by atoms with Crippen molar-refractivity contribution in [3.63, 3.8) is 0 Å². The summed E-state index contributed by atoms with van der Waals surface area (Å²) in [6.07, 6.45) is 0. The Balaban J connectivity index is 2.06. The van der Waals surface area contributed by atoms with Crippen LogP contribution in [0.2, 0.25) is 0 Å². The van der Waals surface area contributed by atoms with E-state index < -0.39 is 5.41 Å². The van der Waals surface area contributed by atoms with Crippen molar-refractivity contribution in [2.75, 3.05) is 13.7 Å². The highest BCUT2D eigenvalue weighted by Crippen LogP contribution is 2.25. The Morgan fingerprint density at radius 1 is 1.04 bits per heavy atom. The molecular weight excluding hydrogens is 286 g/mol. The number of hydrogen-bond acceptors (Lipinski definition) is 3. The van der Waals surface area contributed by atoms with E-state index in [2.05, 4.69) is 17.9 Å². The van der Waals surface area contributed by atoms with Gasteiger partial charge in [-0.2, -0.15) is 5.26 Å². The van der Waals surface area contributed by atoms with Crippen molar-refractivity contribution < 1.29 is 9.47 Å². The molecule has 2 aromatic carbocycles. The summed E-state index contributed by atoms with van der Waals surface area (Å²) in [5.41, 5.74) is 1.30.